The minimum absolute atomic E-state index is 0.0750. The van der Waals surface area contributed by atoms with Gasteiger partial charge < -0.3 is 14.2 Å². The van der Waals surface area contributed by atoms with Gasteiger partial charge in [-0.1, -0.05) is 325 Å². The number of carbonyl (C=O) groups excluding carboxylic acids is 3. The minimum Gasteiger partial charge on any atom is -0.462 e. The average molecular weight is 1160 g/mol. The summed E-state index contributed by atoms with van der Waals surface area (Å²) in [5.41, 5.74) is 0. The molecule has 6 nitrogen and oxygen atoms in total. The van der Waals surface area contributed by atoms with Crippen LogP contribution in [0.1, 0.15) is 380 Å². The van der Waals surface area contributed by atoms with E-state index in [4.69, 9.17) is 14.2 Å². The van der Waals surface area contributed by atoms with Gasteiger partial charge in [-0.25, -0.2) is 0 Å². The minimum atomic E-state index is -0.780. The van der Waals surface area contributed by atoms with Gasteiger partial charge in [0.1, 0.15) is 13.2 Å². The second-order valence-electron chi connectivity index (χ2n) is 24.5. The summed E-state index contributed by atoms with van der Waals surface area (Å²) >= 11 is 0. The third kappa shape index (κ3) is 69.5. The Morgan fingerprint density at radius 3 is 0.747 bits per heavy atom. The molecule has 0 spiro atoms. The molecule has 83 heavy (non-hydrogen) atoms. The van der Waals surface area contributed by atoms with E-state index >= 15 is 0 Å². The van der Waals surface area contributed by atoms with Crippen molar-refractivity contribution in [3.63, 3.8) is 0 Å². The van der Waals surface area contributed by atoms with E-state index in [1.54, 1.807) is 0 Å². The molecule has 0 saturated heterocycles. The van der Waals surface area contributed by atoms with Crippen molar-refractivity contribution in [1.29, 1.82) is 0 Å². The van der Waals surface area contributed by atoms with Crippen LogP contribution in [0.25, 0.3) is 0 Å². The Labute approximate surface area is 516 Å². The normalized spacial score (nSPS) is 12.5. The molecule has 0 rings (SSSR count). The lowest BCUT2D eigenvalue weighted by molar-refractivity contribution is -0.167. The van der Waals surface area contributed by atoms with Gasteiger partial charge in [0.15, 0.2) is 6.10 Å². The molecule has 0 saturated carbocycles. The summed E-state index contributed by atoms with van der Waals surface area (Å²) in [5, 5.41) is 0. The highest BCUT2D eigenvalue weighted by Gasteiger charge is 2.19. The first kappa shape index (κ1) is 79.8. The van der Waals surface area contributed by atoms with E-state index < -0.39 is 6.10 Å². The first-order valence-corrected chi connectivity index (χ1v) is 36.4. The monoisotopic (exact) mass is 1160 g/mol. The van der Waals surface area contributed by atoms with Crippen molar-refractivity contribution < 1.29 is 28.6 Å². The smallest absolute Gasteiger partial charge is 0.306 e. The van der Waals surface area contributed by atoms with Gasteiger partial charge in [-0.3, -0.25) is 14.4 Å². The highest BCUT2D eigenvalue weighted by molar-refractivity contribution is 5.71. The van der Waals surface area contributed by atoms with Crippen LogP contribution in [-0.2, 0) is 28.6 Å². The summed E-state index contributed by atoms with van der Waals surface area (Å²) in [4.78, 5) is 38.5. The first-order chi connectivity index (χ1) is 41.0. The number of esters is 3. The first-order valence-electron chi connectivity index (χ1n) is 36.4. The van der Waals surface area contributed by atoms with E-state index in [2.05, 4.69) is 93.7 Å². The zero-order valence-corrected chi connectivity index (χ0v) is 55.5. The quantitative estimate of drug-likeness (QED) is 0.0261. The Bertz CT molecular complexity index is 1520. The fourth-order valence-corrected chi connectivity index (χ4v) is 10.7. The predicted octanol–water partition coefficient (Wildman–Crippen LogP) is 25.2. The Morgan fingerprint density at radius 1 is 0.253 bits per heavy atom. The van der Waals surface area contributed by atoms with Gasteiger partial charge in [0.05, 0.1) is 0 Å². The molecule has 0 aromatic rings. The van der Waals surface area contributed by atoms with E-state index in [9.17, 15) is 14.4 Å². The van der Waals surface area contributed by atoms with Gasteiger partial charge in [-0.2, -0.15) is 0 Å². The van der Waals surface area contributed by atoms with Crippen LogP contribution in [0.2, 0.25) is 0 Å². The van der Waals surface area contributed by atoms with Crippen LogP contribution in [0, 0.1) is 0 Å². The van der Waals surface area contributed by atoms with Gasteiger partial charge in [0.25, 0.3) is 0 Å². The SMILES string of the molecule is CC/C=C\C/C=C\C/C=C\C/C=C\CCCCCCCCCCCCCCCCC(=O)OCC(COC(=O)CCCCCCC/C=C\CCCCCCCC)OC(=O)CCCCCCCCCCCCC/C=C\CCCCCCCCCC. The van der Waals surface area contributed by atoms with Crippen molar-refractivity contribution in [3.8, 4) is 0 Å². The van der Waals surface area contributed by atoms with E-state index in [0.717, 1.165) is 89.9 Å². The van der Waals surface area contributed by atoms with E-state index in [1.807, 2.05) is 0 Å². The summed E-state index contributed by atoms with van der Waals surface area (Å²) in [6.07, 6.45) is 93.6. The van der Waals surface area contributed by atoms with Crippen LogP contribution >= 0.6 is 0 Å². The molecule has 0 fully saturated rings. The highest BCUT2D eigenvalue weighted by atomic mass is 16.6. The number of hydrogen-bond donors (Lipinski definition) is 0. The van der Waals surface area contributed by atoms with Crippen LogP contribution in [-0.4, -0.2) is 37.2 Å². The molecule has 1 atom stereocenters. The summed E-state index contributed by atoms with van der Waals surface area (Å²) in [6.45, 7) is 6.57. The van der Waals surface area contributed by atoms with Crippen molar-refractivity contribution >= 4 is 17.9 Å². The lowest BCUT2D eigenvalue weighted by Crippen LogP contribution is -2.30. The molecule has 0 aliphatic carbocycles. The Balaban J connectivity index is 4.28. The van der Waals surface area contributed by atoms with Crippen LogP contribution < -0.4 is 0 Å². The zero-order chi connectivity index (χ0) is 59.9. The standard InChI is InChI=1S/C77H138O6/c1-4-7-10-13-16-19-22-25-28-30-32-34-36-37-38-39-41-42-44-46-49-52-55-58-61-64-67-70-76(79)82-73-74(72-81-75(78)69-66-63-60-57-54-51-48-27-24-21-18-15-12-9-6-3)83-77(80)71-68-65-62-59-56-53-50-47-45-43-40-35-33-31-29-26-23-20-17-14-11-8-5-2/h7,10,16,19,25,27-28,31-34,48,74H,4-6,8-9,11-15,17-18,20-24,26,29-30,35-47,49-73H2,1-3H3/b10-7-,19-16-,28-25-,33-31-,34-32-,48-27-. The molecular weight excluding hydrogens is 1020 g/mol. The van der Waals surface area contributed by atoms with Crippen molar-refractivity contribution in [1.82, 2.24) is 0 Å². The molecule has 0 aliphatic heterocycles. The molecule has 0 aromatic heterocycles. The predicted molar refractivity (Wildman–Crippen MR) is 362 cm³/mol. The second kappa shape index (κ2) is 71.3. The van der Waals surface area contributed by atoms with Crippen LogP contribution in [0.3, 0.4) is 0 Å². The molecule has 0 heterocycles. The third-order valence-corrected chi connectivity index (χ3v) is 16.2. The lowest BCUT2D eigenvalue weighted by Gasteiger charge is -2.18. The van der Waals surface area contributed by atoms with Gasteiger partial charge in [0.2, 0.25) is 0 Å². The molecule has 482 valence electrons. The number of allylic oxidation sites excluding steroid dienone is 12. The Morgan fingerprint density at radius 2 is 0.470 bits per heavy atom. The van der Waals surface area contributed by atoms with Crippen molar-refractivity contribution in [2.24, 2.45) is 0 Å². The summed E-state index contributed by atoms with van der Waals surface area (Å²) in [7, 11) is 0. The molecule has 0 aromatic carbocycles. The summed E-state index contributed by atoms with van der Waals surface area (Å²) < 4.78 is 17.0. The Kier molecular flexibility index (Phi) is 68.6. The molecule has 0 amide bonds. The lowest BCUT2D eigenvalue weighted by atomic mass is 10.0. The maximum absolute atomic E-state index is 13.0. The molecule has 6 heteroatoms. The van der Waals surface area contributed by atoms with Crippen LogP contribution in [0.15, 0.2) is 72.9 Å². The summed E-state index contributed by atoms with van der Waals surface area (Å²) in [6, 6.07) is 0. The fraction of sp³-hybridized carbons (Fsp3) is 0.805. The number of unbranched alkanes of at least 4 members (excludes halogenated alkanes) is 44. The van der Waals surface area contributed by atoms with Gasteiger partial charge in [-0.05, 0) is 109 Å². The van der Waals surface area contributed by atoms with E-state index in [1.165, 1.54) is 250 Å². The van der Waals surface area contributed by atoms with E-state index in [-0.39, 0.29) is 31.1 Å². The maximum Gasteiger partial charge on any atom is 0.306 e. The zero-order valence-electron chi connectivity index (χ0n) is 55.5. The third-order valence-electron chi connectivity index (χ3n) is 16.2. The largest absolute Gasteiger partial charge is 0.462 e. The van der Waals surface area contributed by atoms with Gasteiger partial charge in [0, 0.05) is 19.3 Å². The maximum atomic E-state index is 13.0. The highest BCUT2D eigenvalue weighted by Crippen LogP contribution is 2.18. The van der Waals surface area contributed by atoms with Crippen molar-refractivity contribution in [2.45, 2.75) is 386 Å². The number of carbonyl (C=O) groups is 3. The second-order valence-corrected chi connectivity index (χ2v) is 24.5. The average Bonchev–Trinajstić information content (AvgIpc) is 3.49. The van der Waals surface area contributed by atoms with E-state index in [0.29, 0.717) is 19.3 Å². The topological polar surface area (TPSA) is 78.9 Å². The number of hydrogen-bond acceptors (Lipinski definition) is 6. The summed E-state index contributed by atoms with van der Waals surface area (Å²) in [5.74, 6) is -0.862. The van der Waals surface area contributed by atoms with Crippen molar-refractivity contribution in [2.75, 3.05) is 13.2 Å². The van der Waals surface area contributed by atoms with Gasteiger partial charge >= 0.3 is 17.9 Å². The van der Waals surface area contributed by atoms with Crippen molar-refractivity contribution in [3.05, 3.63) is 72.9 Å². The van der Waals surface area contributed by atoms with Crippen LogP contribution in [0.4, 0.5) is 0 Å². The van der Waals surface area contributed by atoms with Gasteiger partial charge in [-0.15, -0.1) is 0 Å². The molecule has 1 unspecified atom stereocenters. The fourth-order valence-electron chi connectivity index (χ4n) is 10.7. The molecular formula is C77H138O6. The Hall–Kier alpha value is -3.15. The van der Waals surface area contributed by atoms with Crippen LogP contribution in [0.5, 0.6) is 0 Å². The number of rotatable bonds is 67. The molecule has 0 aliphatic rings. The molecule has 0 radical (unpaired) electrons. The number of ether oxygens (including phenoxy) is 3. The molecule has 0 bridgehead atoms. The molecule has 0 N–H and O–H groups in total.